The lowest BCUT2D eigenvalue weighted by molar-refractivity contribution is -0.137. The van der Waals surface area contributed by atoms with Crippen molar-refractivity contribution in [1.82, 2.24) is 15.0 Å². The average Bonchev–Trinajstić information content (AvgIpc) is 3.12. The Morgan fingerprint density at radius 3 is 2.60 bits per heavy atom. The van der Waals surface area contributed by atoms with E-state index in [1.807, 2.05) is 4.57 Å². The second-order valence-corrected chi connectivity index (χ2v) is 6.73. The number of carbonyl (C=O) groups is 1. The number of rotatable bonds is 9. The highest BCUT2D eigenvalue weighted by Crippen LogP contribution is 2.29. The lowest BCUT2D eigenvalue weighted by atomic mass is 10.1. The van der Waals surface area contributed by atoms with Crippen molar-refractivity contribution in [3.05, 3.63) is 65.5 Å². The molecule has 30 heavy (non-hydrogen) atoms. The Morgan fingerprint density at radius 1 is 1.13 bits per heavy atom. The molecule has 1 amide bonds. The summed E-state index contributed by atoms with van der Waals surface area (Å²) in [5.41, 5.74) is 4.45. The van der Waals surface area contributed by atoms with Crippen LogP contribution in [0, 0.1) is 0 Å². The molecule has 0 atom stereocenters. The molecule has 0 saturated carbocycles. The van der Waals surface area contributed by atoms with E-state index in [9.17, 15) is 18.0 Å². The Bertz CT molecular complexity index is 985. The van der Waals surface area contributed by atoms with Crippen molar-refractivity contribution in [3.63, 3.8) is 0 Å². The van der Waals surface area contributed by atoms with Crippen LogP contribution in [0.1, 0.15) is 34.3 Å². The standard InChI is InChI=1S/C21H22F3N3O3/c1-29-26-20(28)16-6-9-18-19(12-16)27(14-25-18)10-2-3-11-30-13-15-4-7-17(8-5-15)21(22,23)24/h4-9,12,14H,2-3,10-11,13H2,1H3,(H,26,28). The van der Waals surface area contributed by atoms with E-state index < -0.39 is 11.7 Å². The number of fused-ring (bicyclic) bond motifs is 1. The molecule has 2 aromatic carbocycles. The van der Waals surface area contributed by atoms with Crippen molar-refractivity contribution in [2.75, 3.05) is 13.7 Å². The van der Waals surface area contributed by atoms with Gasteiger partial charge < -0.3 is 9.30 Å². The third-order valence-corrected chi connectivity index (χ3v) is 4.57. The van der Waals surface area contributed by atoms with Gasteiger partial charge in [0.05, 0.1) is 36.6 Å². The smallest absolute Gasteiger partial charge is 0.377 e. The maximum absolute atomic E-state index is 12.6. The van der Waals surface area contributed by atoms with Crippen LogP contribution in [0.4, 0.5) is 13.2 Å². The number of alkyl halides is 3. The third kappa shape index (κ3) is 5.58. The highest BCUT2D eigenvalue weighted by molar-refractivity contribution is 5.96. The summed E-state index contributed by atoms with van der Waals surface area (Å²) in [4.78, 5) is 20.9. The number of amides is 1. The Hall–Kier alpha value is -2.91. The fourth-order valence-corrected chi connectivity index (χ4v) is 2.99. The second kappa shape index (κ2) is 9.73. The van der Waals surface area contributed by atoms with Crippen LogP contribution >= 0.6 is 0 Å². The van der Waals surface area contributed by atoms with E-state index in [0.717, 1.165) is 36.0 Å². The minimum absolute atomic E-state index is 0.268. The largest absolute Gasteiger partial charge is 0.416 e. The number of aryl methyl sites for hydroxylation is 1. The predicted octanol–water partition coefficient (Wildman–Crippen LogP) is 4.34. The topological polar surface area (TPSA) is 65.4 Å². The molecule has 1 aromatic heterocycles. The minimum atomic E-state index is -4.33. The molecule has 160 valence electrons. The van der Waals surface area contributed by atoms with Crippen LogP contribution in [-0.2, 0) is 28.9 Å². The number of unbranched alkanes of at least 4 members (excludes halogenated alkanes) is 1. The molecule has 3 rings (SSSR count). The summed E-state index contributed by atoms with van der Waals surface area (Å²) in [7, 11) is 1.38. The fraction of sp³-hybridized carbons (Fsp3) is 0.333. The van der Waals surface area contributed by atoms with Crippen molar-refractivity contribution in [3.8, 4) is 0 Å². The van der Waals surface area contributed by atoms with Gasteiger partial charge in [-0.15, -0.1) is 0 Å². The molecule has 1 heterocycles. The van der Waals surface area contributed by atoms with Crippen molar-refractivity contribution >= 4 is 16.9 Å². The van der Waals surface area contributed by atoms with Gasteiger partial charge in [-0.1, -0.05) is 12.1 Å². The predicted molar refractivity (Wildman–Crippen MR) is 105 cm³/mol. The average molecular weight is 421 g/mol. The molecule has 9 heteroatoms. The molecule has 0 radical (unpaired) electrons. The number of aromatic nitrogens is 2. The summed E-state index contributed by atoms with van der Waals surface area (Å²) >= 11 is 0. The molecular formula is C21H22F3N3O3. The highest BCUT2D eigenvalue weighted by atomic mass is 19.4. The molecule has 0 saturated heterocycles. The molecule has 0 aliphatic rings. The Balaban J connectivity index is 1.45. The van der Waals surface area contributed by atoms with Crippen molar-refractivity contribution in [1.29, 1.82) is 0 Å². The summed E-state index contributed by atoms with van der Waals surface area (Å²) in [5, 5.41) is 0. The Morgan fingerprint density at radius 2 is 1.90 bits per heavy atom. The zero-order valence-electron chi connectivity index (χ0n) is 16.4. The molecule has 0 aliphatic heterocycles. The number of halogens is 3. The summed E-state index contributed by atoms with van der Waals surface area (Å²) < 4.78 is 45.2. The highest BCUT2D eigenvalue weighted by Gasteiger charge is 2.29. The molecule has 1 N–H and O–H groups in total. The number of benzene rings is 2. The molecular weight excluding hydrogens is 399 g/mol. The molecule has 0 spiro atoms. The van der Waals surface area contributed by atoms with Crippen LogP contribution < -0.4 is 5.48 Å². The monoisotopic (exact) mass is 421 g/mol. The number of hydroxylamine groups is 1. The normalized spacial score (nSPS) is 11.7. The lowest BCUT2D eigenvalue weighted by Gasteiger charge is -2.09. The molecule has 0 bridgehead atoms. The van der Waals surface area contributed by atoms with Gasteiger partial charge in [0.1, 0.15) is 0 Å². The summed E-state index contributed by atoms with van der Waals surface area (Å²) in [6.07, 6.45) is -0.992. The maximum Gasteiger partial charge on any atom is 0.416 e. The zero-order chi connectivity index (χ0) is 21.6. The first-order valence-corrected chi connectivity index (χ1v) is 9.40. The first-order chi connectivity index (χ1) is 14.4. The number of nitrogens with one attached hydrogen (secondary N) is 1. The van der Waals surface area contributed by atoms with E-state index in [1.165, 1.54) is 19.2 Å². The van der Waals surface area contributed by atoms with Crippen LogP contribution in [0.5, 0.6) is 0 Å². The summed E-state index contributed by atoms with van der Waals surface area (Å²) in [5.74, 6) is -0.330. The van der Waals surface area contributed by atoms with E-state index >= 15 is 0 Å². The van der Waals surface area contributed by atoms with E-state index in [1.54, 1.807) is 24.5 Å². The maximum atomic E-state index is 12.6. The van der Waals surface area contributed by atoms with Crippen molar-refractivity contribution in [2.24, 2.45) is 0 Å². The van der Waals surface area contributed by atoms with Gasteiger partial charge >= 0.3 is 6.18 Å². The molecule has 3 aromatic rings. The number of carbonyl (C=O) groups excluding carboxylic acids is 1. The van der Waals surface area contributed by atoms with Crippen LogP contribution in [0.2, 0.25) is 0 Å². The lowest BCUT2D eigenvalue weighted by Crippen LogP contribution is -2.21. The fourth-order valence-electron chi connectivity index (χ4n) is 2.99. The van der Waals surface area contributed by atoms with Gasteiger partial charge in [0.25, 0.3) is 5.91 Å². The Kier molecular flexibility index (Phi) is 7.07. The third-order valence-electron chi connectivity index (χ3n) is 4.57. The number of imidazole rings is 1. The van der Waals surface area contributed by atoms with Gasteiger partial charge in [-0.25, -0.2) is 10.5 Å². The van der Waals surface area contributed by atoms with Crippen LogP contribution in [0.3, 0.4) is 0 Å². The van der Waals surface area contributed by atoms with Crippen LogP contribution in [0.25, 0.3) is 11.0 Å². The molecule has 0 unspecified atom stereocenters. The first-order valence-electron chi connectivity index (χ1n) is 9.40. The van der Waals surface area contributed by atoms with Crippen LogP contribution in [0.15, 0.2) is 48.8 Å². The summed E-state index contributed by atoms with van der Waals surface area (Å²) in [6, 6.07) is 10.2. The number of hydrogen-bond donors (Lipinski definition) is 1. The van der Waals surface area contributed by atoms with Crippen LogP contribution in [-0.4, -0.2) is 29.2 Å². The van der Waals surface area contributed by atoms with E-state index in [0.29, 0.717) is 24.3 Å². The number of hydrogen-bond acceptors (Lipinski definition) is 4. The molecule has 6 nitrogen and oxygen atoms in total. The van der Waals surface area contributed by atoms with E-state index in [2.05, 4.69) is 15.3 Å². The SMILES string of the molecule is CONC(=O)c1ccc2ncn(CCCCOCc3ccc(C(F)(F)F)cc3)c2c1. The first kappa shape index (κ1) is 21.8. The zero-order valence-corrected chi connectivity index (χ0v) is 16.4. The molecule has 0 aliphatic carbocycles. The molecule has 0 fully saturated rings. The van der Waals surface area contributed by atoms with Gasteiger partial charge in [0.2, 0.25) is 0 Å². The van der Waals surface area contributed by atoms with E-state index in [4.69, 9.17) is 4.74 Å². The second-order valence-electron chi connectivity index (χ2n) is 6.73. The van der Waals surface area contributed by atoms with Crippen molar-refractivity contribution in [2.45, 2.75) is 32.2 Å². The minimum Gasteiger partial charge on any atom is -0.377 e. The van der Waals surface area contributed by atoms with Gasteiger partial charge in [0.15, 0.2) is 0 Å². The van der Waals surface area contributed by atoms with E-state index in [-0.39, 0.29) is 12.5 Å². The quantitative estimate of drug-likeness (QED) is 0.412. The van der Waals surface area contributed by atoms with Gasteiger partial charge in [-0.05, 0) is 48.7 Å². The van der Waals surface area contributed by atoms with Crippen molar-refractivity contribution < 1.29 is 27.5 Å². The Labute approximate surface area is 171 Å². The number of nitrogens with zero attached hydrogens (tertiary/aromatic N) is 2. The summed E-state index contributed by atoms with van der Waals surface area (Å²) in [6.45, 7) is 1.47. The van der Waals surface area contributed by atoms with Gasteiger partial charge in [0, 0.05) is 18.7 Å². The van der Waals surface area contributed by atoms with Gasteiger partial charge in [-0.3, -0.25) is 9.63 Å². The van der Waals surface area contributed by atoms with Gasteiger partial charge in [-0.2, -0.15) is 13.2 Å². The number of ether oxygens (including phenoxy) is 1.